The van der Waals surface area contributed by atoms with Crippen LogP contribution in [-0.4, -0.2) is 58.0 Å². The average Bonchev–Trinajstić information content (AvgIpc) is 2.60. The molecule has 1 amide bonds. The van der Waals surface area contributed by atoms with Gasteiger partial charge in [-0.2, -0.15) is 4.31 Å². The second-order valence-corrected chi connectivity index (χ2v) is 7.56. The van der Waals surface area contributed by atoms with Crippen molar-refractivity contribution in [3.8, 4) is 5.75 Å². The van der Waals surface area contributed by atoms with Crippen LogP contribution >= 0.6 is 12.4 Å². The lowest BCUT2D eigenvalue weighted by Crippen LogP contribution is -2.39. The molecular weight excluding hydrogens is 378 g/mol. The molecule has 0 aliphatic rings. The molecule has 1 atom stereocenters. The highest BCUT2D eigenvalue weighted by Crippen LogP contribution is 2.24. The van der Waals surface area contributed by atoms with Crippen molar-refractivity contribution in [2.75, 3.05) is 33.3 Å². The summed E-state index contributed by atoms with van der Waals surface area (Å²) in [7, 11) is -2.19. The number of rotatable bonds is 10. The van der Waals surface area contributed by atoms with Gasteiger partial charge < -0.3 is 15.4 Å². The number of hydrogen-bond donors (Lipinski definition) is 2. The molecular formula is C17H30ClN3O4S. The number of hydrogen-bond acceptors (Lipinski definition) is 5. The molecule has 0 heterocycles. The van der Waals surface area contributed by atoms with Crippen LogP contribution in [0.25, 0.3) is 0 Å². The van der Waals surface area contributed by atoms with Crippen molar-refractivity contribution in [1.29, 1.82) is 0 Å². The monoisotopic (exact) mass is 407 g/mol. The van der Waals surface area contributed by atoms with Gasteiger partial charge in [-0.3, -0.25) is 4.79 Å². The van der Waals surface area contributed by atoms with Gasteiger partial charge in [0.25, 0.3) is 5.91 Å². The summed E-state index contributed by atoms with van der Waals surface area (Å²) in [4.78, 5) is 12.6. The number of nitrogens with one attached hydrogen (secondary N) is 2. The first kappa shape index (κ1) is 24.7. The molecule has 0 bridgehead atoms. The Balaban J connectivity index is 0.00000625. The first-order chi connectivity index (χ1) is 11.8. The number of carbonyl (C=O) groups is 1. The van der Waals surface area contributed by atoms with E-state index in [-0.39, 0.29) is 34.8 Å². The minimum Gasteiger partial charge on any atom is -0.496 e. The number of benzene rings is 1. The lowest BCUT2D eigenvalue weighted by atomic mass is 10.2. The number of ether oxygens (including phenoxy) is 1. The first-order valence-electron chi connectivity index (χ1n) is 8.51. The van der Waals surface area contributed by atoms with Crippen LogP contribution in [0.4, 0.5) is 0 Å². The second-order valence-electron chi connectivity index (χ2n) is 5.62. The van der Waals surface area contributed by atoms with Gasteiger partial charge in [0.2, 0.25) is 10.0 Å². The highest BCUT2D eigenvalue weighted by atomic mass is 35.5. The van der Waals surface area contributed by atoms with Gasteiger partial charge in [-0.15, -0.1) is 12.4 Å². The third kappa shape index (κ3) is 6.12. The van der Waals surface area contributed by atoms with Gasteiger partial charge in [0.1, 0.15) is 5.75 Å². The average molecular weight is 408 g/mol. The van der Waals surface area contributed by atoms with E-state index in [1.165, 1.54) is 29.6 Å². The summed E-state index contributed by atoms with van der Waals surface area (Å²) in [6.07, 6.45) is 0. The zero-order valence-electron chi connectivity index (χ0n) is 16.0. The molecule has 0 aromatic heterocycles. The Labute approximate surface area is 162 Å². The Morgan fingerprint density at radius 2 is 1.85 bits per heavy atom. The number of carbonyl (C=O) groups excluding carboxylic acids is 1. The van der Waals surface area contributed by atoms with Crippen LogP contribution in [0, 0.1) is 0 Å². The SMILES string of the molecule is CCN[C@H](C)CNC(=O)c1cc(S(=O)(=O)N(CC)CC)ccc1OC.Cl. The lowest BCUT2D eigenvalue weighted by Gasteiger charge is -2.19. The Bertz CT molecular complexity index is 679. The van der Waals surface area contributed by atoms with E-state index in [9.17, 15) is 13.2 Å². The van der Waals surface area contributed by atoms with Gasteiger partial charge in [-0.05, 0) is 31.7 Å². The highest BCUT2D eigenvalue weighted by molar-refractivity contribution is 7.89. The van der Waals surface area contributed by atoms with Crippen LogP contribution < -0.4 is 15.4 Å². The van der Waals surface area contributed by atoms with Gasteiger partial charge in [0.05, 0.1) is 17.6 Å². The van der Waals surface area contributed by atoms with Crippen LogP contribution in [0.2, 0.25) is 0 Å². The number of nitrogens with zero attached hydrogens (tertiary/aromatic N) is 1. The van der Waals surface area contributed by atoms with Gasteiger partial charge in [0, 0.05) is 25.7 Å². The van der Waals surface area contributed by atoms with Crippen molar-refractivity contribution in [2.45, 2.75) is 38.6 Å². The molecule has 1 aromatic rings. The lowest BCUT2D eigenvalue weighted by molar-refractivity contribution is 0.0947. The van der Waals surface area contributed by atoms with E-state index in [1.807, 2.05) is 13.8 Å². The van der Waals surface area contributed by atoms with Crippen molar-refractivity contribution in [2.24, 2.45) is 0 Å². The first-order valence-corrected chi connectivity index (χ1v) is 9.95. The van der Waals surface area contributed by atoms with E-state index in [1.54, 1.807) is 13.8 Å². The maximum Gasteiger partial charge on any atom is 0.255 e. The van der Waals surface area contributed by atoms with E-state index < -0.39 is 10.0 Å². The van der Waals surface area contributed by atoms with E-state index in [0.29, 0.717) is 25.4 Å². The minimum absolute atomic E-state index is 0. The van der Waals surface area contributed by atoms with Gasteiger partial charge in [0.15, 0.2) is 0 Å². The summed E-state index contributed by atoms with van der Waals surface area (Å²) in [5.74, 6) is -0.0229. The molecule has 9 heteroatoms. The Morgan fingerprint density at radius 1 is 1.23 bits per heavy atom. The van der Waals surface area contributed by atoms with E-state index in [0.717, 1.165) is 6.54 Å². The van der Waals surface area contributed by atoms with Gasteiger partial charge in [-0.25, -0.2) is 8.42 Å². The fourth-order valence-electron chi connectivity index (χ4n) is 2.50. The van der Waals surface area contributed by atoms with Gasteiger partial charge in [-0.1, -0.05) is 20.8 Å². The molecule has 0 radical (unpaired) electrons. The standard InChI is InChI=1S/C17H29N3O4S.ClH/c1-6-18-13(4)12-19-17(21)15-11-14(9-10-16(15)24-5)25(22,23)20(7-2)8-3;/h9-11,13,18H,6-8,12H2,1-5H3,(H,19,21);1H/t13-;/m1./s1. The number of amides is 1. The molecule has 0 saturated heterocycles. The molecule has 2 N–H and O–H groups in total. The predicted octanol–water partition coefficient (Wildman–Crippen LogP) is 1.88. The molecule has 26 heavy (non-hydrogen) atoms. The maximum absolute atomic E-state index is 12.7. The van der Waals surface area contributed by atoms with Crippen LogP contribution in [0.3, 0.4) is 0 Å². The Kier molecular flexibility index (Phi) is 10.8. The quantitative estimate of drug-likeness (QED) is 0.618. The number of likely N-dealkylation sites (N-methyl/N-ethyl adjacent to an activating group) is 1. The second kappa shape index (κ2) is 11.4. The van der Waals surface area contributed by atoms with Crippen LogP contribution in [-0.2, 0) is 10.0 Å². The highest BCUT2D eigenvalue weighted by Gasteiger charge is 2.24. The third-order valence-electron chi connectivity index (χ3n) is 3.88. The number of sulfonamides is 1. The summed E-state index contributed by atoms with van der Waals surface area (Å²) in [6, 6.07) is 4.46. The molecule has 150 valence electrons. The van der Waals surface area contributed by atoms with Crippen molar-refractivity contribution in [3.05, 3.63) is 23.8 Å². The predicted molar refractivity (Wildman–Crippen MR) is 106 cm³/mol. The summed E-state index contributed by atoms with van der Waals surface area (Å²) in [5, 5.41) is 6.00. The van der Waals surface area contributed by atoms with Gasteiger partial charge >= 0.3 is 0 Å². The van der Waals surface area contributed by atoms with E-state index in [2.05, 4.69) is 10.6 Å². The Morgan fingerprint density at radius 3 is 2.35 bits per heavy atom. The van der Waals surface area contributed by atoms with Crippen molar-refractivity contribution < 1.29 is 17.9 Å². The zero-order chi connectivity index (χ0) is 19.0. The number of methoxy groups -OCH3 is 1. The molecule has 1 aromatic carbocycles. The molecule has 0 spiro atoms. The largest absolute Gasteiger partial charge is 0.496 e. The minimum atomic E-state index is -3.64. The summed E-state index contributed by atoms with van der Waals surface area (Å²) in [6.45, 7) is 9.48. The molecule has 0 aliphatic carbocycles. The molecule has 1 rings (SSSR count). The summed E-state index contributed by atoms with van der Waals surface area (Å²) < 4.78 is 31.9. The van der Waals surface area contributed by atoms with Crippen LogP contribution in [0.15, 0.2) is 23.1 Å². The van der Waals surface area contributed by atoms with Crippen LogP contribution in [0.5, 0.6) is 5.75 Å². The summed E-state index contributed by atoms with van der Waals surface area (Å²) >= 11 is 0. The molecule has 7 nitrogen and oxygen atoms in total. The smallest absolute Gasteiger partial charge is 0.255 e. The molecule has 0 fully saturated rings. The normalized spacial score (nSPS) is 12.4. The summed E-state index contributed by atoms with van der Waals surface area (Å²) in [5.41, 5.74) is 0.208. The van der Waals surface area contributed by atoms with Crippen LogP contribution in [0.1, 0.15) is 38.1 Å². The number of halogens is 1. The third-order valence-corrected chi connectivity index (χ3v) is 5.93. The molecule has 0 aliphatic heterocycles. The molecule has 0 saturated carbocycles. The topological polar surface area (TPSA) is 87.7 Å². The van der Waals surface area contributed by atoms with E-state index >= 15 is 0 Å². The van der Waals surface area contributed by atoms with Crippen molar-refractivity contribution in [3.63, 3.8) is 0 Å². The van der Waals surface area contributed by atoms with E-state index in [4.69, 9.17) is 4.74 Å². The Hall–Kier alpha value is -1.35. The fourth-order valence-corrected chi connectivity index (χ4v) is 3.98. The van der Waals surface area contributed by atoms with Crippen molar-refractivity contribution in [1.82, 2.24) is 14.9 Å². The van der Waals surface area contributed by atoms with Crippen molar-refractivity contribution >= 4 is 28.3 Å². The zero-order valence-corrected chi connectivity index (χ0v) is 17.7. The maximum atomic E-state index is 12.7. The molecule has 0 unspecified atom stereocenters. The fraction of sp³-hybridized carbons (Fsp3) is 0.588.